The second-order valence-corrected chi connectivity index (χ2v) is 7.63. The van der Waals surface area contributed by atoms with Gasteiger partial charge in [-0.1, -0.05) is 6.08 Å². The Kier molecular flexibility index (Phi) is 3.74. The maximum absolute atomic E-state index is 15.2. The highest BCUT2D eigenvalue weighted by molar-refractivity contribution is 5.97. The van der Waals surface area contributed by atoms with Crippen LogP contribution in [0.4, 0.5) is 10.1 Å². The molecule has 0 bridgehead atoms. The molecule has 8 heteroatoms. The Hall–Kier alpha value is -2.87. The second kappa shape index (κ2) is 6.07. The van der Waals surface area contributed by atoms with Crippen LogP contribution in [0.3, 0.4) is 0 Å². The lowest BCUT2D eigenvalue weighted by Crippen LogP contribution is -2.36. The Labute approximate surface area is 160 Å². The third-order valence-electron chi connectivity index (χ3n) is 5.85. The molecule has 146 valence electrons. The lowest BCUT2D eigenvalue weighted by atomic mass is 10.1. The first-order valence-electron chi connectivity index (χ1n) is 9.40. The van der Waals surface area contributed by atoms with Crippen molar-refractivity contribution in [2.75, 3.05) is 31.1 Å². The third-order valence-corrected chi connectivity index (χ3v) is 5.85. The fraction of sp³-hybridized carbons (Fsp3) is 0.400. The number of hydrogen-bond acceptors (Lipinski definition) is 5. The molecule has 4 heterocycles. The van der Waals surface area contributed by atoms with Crippen LogP contribution in [0.2, 0.25) is 0 Å². The van der Waals surface area contributed by atoms with Crippen LogP contribution in [-0.4, -0.2) is 47.9 Å². The van der Waals surface area contributed by atoms with Crippen molar-refractivity contribution in [1.29, 1.82) is 0 Å². The number of aromatic nitrogens is 1. The van der Waals surface area contributed by atoms with Gasteiger partial charge in [0.15, 0.2) is 11.6 Å². The van der Waals surface area contributed by atoms with E-state index >= 15 is 4.39 Å². The molecule has 0 aliphatic carbocycles. The van der Waals surface area contributed by atoms with Gasteiger partial charge in [0.2, 0.25) is 5.43 Å². The molecule has 0 amide bonds. The standard InChI is InChI=1S/C20H20FN3O4/c1-10-9-28-19-16-12(18(25)13(20(26)27)7-24(10)16)5-14(21)17(19)23-6-11-3-2-4-22-15(11)8-23/h3,5,7,10,15,22H,2,4,6,8-9H2,1H3,(H,26,27)/t10-,15?/m0/s1. The number of pyridine rings is 1. The fourth-order valence-electron chi connectivity index (χ4n) is 4.48. The summed E-state index contributed by atoms with van der Waals surface area (Å²) in [5.74, 6) is -1.56. The molecule has 2 atom stereocenters. The predicted octanol–water partition coefficient (Wildman–Crippen LogP) is 1.90. The Morgan fingerprint density at radius 3 is 3.00 bits per heavy atom. The number of benzene rings is 1. The minimum absolute atomic E-state index is 0.0386. The Bertz CT molecular complexity index is 1110. The zero-order valence-electron chi connectivity index (χ0n) is 15.4. The van der Waals surface area contributed by atoms with Gasteiger partial charge in [-0.2, -0.15) is 0 Å². The molecule has 1 fully saturated rings. The van der Waals surface area contributed by atoms with Gasteiger partial charge in [-0.05, 0) is 31.5 Å². The van der Waals surface area contributed by atoms with E-state index in [9.17, 15) is 14.7 Å². The van der Waals surface area contributed by atoms with E-state index in [1.807, 2.05) is 11.8 Å². The Balaban J connectivity index is 1.75. The summed E-state index contributed by atoms with van der Waals surface area (Å²) in [6.07, 6.45) is 4.50. The quantitative estimate of drug-likeness (QED) is 0.769. The highest BCUT2D eigenvalue weighted by Crippen LogP contribution is 2.43. The number of carboxylic acids is 1. The average Bonchev–Trinajstić information content (AvgIpc) is 3.09. The van der Waals surface area contributed by atoms with Crippen molar-refractivity contribution in [1.82, 2.24) is 9.88 Å². The largest absolute Gasteiger partial charge is 0.487 e. The number of aromatic carboxylic acids is 1. The van der Waals surface area contributed by atoms with Gasteiger partial charge >= 0.3 is 5.97 Å². The number of halogens is 1. The van der Waals surface area contributed by atoms with Gasteiger partial charge in [0.25, 0.3) is 0 Å². The minimum Gasteiger partial charge on any atom is -0.487 e. The molecular weight excluding hydrogens is 365 g/mol. The zero-order valence-corrected chi connectivity index (χ0v) is 15.4. The maximum Gasteiger partial charge on any atom is 0.341 e. The van der Waals surface area contributed by atoms with Gasteiger partial charge in [-0.25, -0.2) is 9.18 Å². The van der Waals surface area contributed by atoms with Gasteiger partial charge in [0.05, 0.1) is 16.9 Å². The first-order chi connectivity index (χ1) is 13.5. The summed E-state index contributed by atoms with van der Waals surface area (Å²) in [5, 5.41) is 12.9. The van der Waals surface area contributed by atoms with Crippen molar-refractivity contribution in [2.45, 2.75) is 25.4 Å². The number of carboxylic acid groups (broad SMARTS) is 1. The SMILES string of the molecule is C[C@H]1COc2c(N3CC4=CCCNC4C3)c(F)cc3c(=O)c(C(=O)O)cn1c23. The Morgan fingerprint density at radius 2 is 2.25 bits per heavy atom. The summed E-state index contributed by atoms with van der Waals surface area (Å²) >= 11 is 0. The van der Waals surface area contributed by atoms with Crippen molar-refractivity contribution in [3.05, 3.63) is 45.5 Å². The van der Waals surface area contributed by atoms with E-state index in [0.29, 0.717) is 30.0 Å². The molecule has 5 rings (SSSR count). The van der Waals surface area contributed by atoms with Gasteiger partial charge in [-0.3, -0.25) is 4.79 Å². The molecule has 1 aromatic carbocycles. The highest BCUT2D eigenvalue weighted by atomic mass is 19.1. The number of ether oxygens (including phenoxy) is 1. The molecule has 2 aromatic rings. The highest BCUT2D eigenvalue weighted by Gasteiger charge is 2.35. The molecule has 1 unspecified atom stereocenters. The van der Waals surface area contributed by atoms with Crippen LogP contribution in [0.5, 0.6) is 5.75 Å². The van der Waals surface area contributed by atoms with Crippen LogP contribution in [0, 0.1) is 5.82 Å². The monoisotopic (exact) mass is 385 g/mol. The number of carbonyl (C=O) groups is 1. The molecule has 28 heavy (non-hydrogen) atoms. The van der Waals surface area contributed by atoms with Crippen molar-refractivity contribution < 1.29 is 19.0 Å². The van der Waals surface area contributed by atoms with E-state index in [2.05, 4.69) is 11.4 Å². The lowest BCUT2D eigenvalue weighted by Gasteiger charge is -2.31. The molecule has 2 N–H and O–H groups in total. The van der Waals surface area contributed by atoms with Crippen LogP contribution in [0.15, 0.2) is 28.7 Å². The zero-order chi connectivity index (χ0) is 19.6. The molecular formula is C20H20FN3O4. The van der Waals surface area contributed by atoms with Gasteiger partial charge in [0.1, 0.15) is 17.9 Å². The first-order valence-corrected chi connectivity index (χ1v) is 9.40. The molecule has 0 radical (unpaired) electrons. The molecule has 0 saturated carbocycles. The van der Waals surface area contributed by atoms with Crippen molar-refractivity contribution in [2.24, 2.45) is 0 Å². The number of nitrogens with one attached hydrogen (secondary N) is 1. The van der Waals surface area contributed by atoms with E-state index in [4.69, 9.17) is 4.74 Å². The number of nitrogens with zero attached hydrogens (tertiary/aromatic N) is 2. The number of rotatable bonds is 2. The second-order valence-electron chi connectivity index (χ2n) is 7.63. The van der Waals surface area contributed by atoms with Gasteiger partial charge in [0, 0.05) is 25.3 Å². The Morgan fingerprint density at radius 1 is 1.43 bits per heavy atom. The molecule has 1 aromatic heterocycles. The number of hydrogen-bond donors (Lipinski definition) is 2. The topological polar surface area (TPSA) is 83.8 Å². The summed E-state index contributed by atoms with van der Waals surface area (Å²) in [6, 6.07) is 1.18. The summed E-state index contributed by atoms with van der Waals surface area (Å²) in [5.41, 5.74) is 0.985. The summed E-state index contributed by atoms with van der Waals surface area (Å²) in [4.78, 5) is 26.1. The third kappa shape index (κ3) is 2.37. The number of anilines is 1. The van der Waals surface area contributed by atoms with Gasteiger partial charge < -0.3 is 24.6 Å². The van der Waals surface area contributed by atoms with Crippen molar-refractivity contribution in [3.63, 3.8) is 0 Å². The fourth-order valence-corrected chi connectivity index (χ4v) is 4.48. The molecule has 3 aliphatic rings. The molecule has 1 saturated heterocycles. The summed E-state index contributed by atoms with van der Waals surface area (Å²) < 4.78 is 22.8. The average molecular weight is 385 g/mol. The number of fused-ring (bicyclic) bond motifs is 1. The van der Waals surface area contributed by atoms with E-state index in [0.717, 1.165) is 19.0 Å². The van der Waals surface area contributed by atoms with Crippen molar-refractivity contribution >= 4 is 22.6 Å². The summed E-state index contributed by atoms with van der Waals surface area (Å²) in [7, 11) is 0. The van der Waals surface area contributed by atoms with Crippen LogP contribution in [-0.2, 0) is 0 Å². The molecule has 7 nitrogen and oxygen atoms in total. The van der Waals surface area contributed by atoms with Crippen LogP contribution in [0.25, 0.3) is 10.9 Å². The normalized spacial score (nSPS) is 23.4. The van der Waals surface area contributed by atoms with Crippen LogP contribution < -0.4 is 20.4 Å². The molecule has 3 aliphatic heterocycles. The first kappa shape index (κ1) is 17.2. The van der Waals surface area contributed by atoms with Crippen molar-refractivity contribution in [3.8, 4) is 5.75 Å². The van der Waals surface area contributed by atoms with Crippen LogP contribution in [0.1, 0.15) is 29.7 Å². The van der Waals surface area contributed by atoms with E-state index < -0.39 is 17.2 Å². The minimum atomic E-state index is -1.32. The summed E-state index contributed by atoms with van der Waals surface area (Å²) in [6.45, 7) is 4.28. The smallest absolute Gasteiger partial charge is 0.341 e. The van der Waals surface area contributed by atoms with Crippen LogP contribution >= 0.6 is 0 Å². The van der Waals surface area contributed by atoms with Gasteiger partial charge in [-0.15, -0.1) is 0 Å². The van der Waals surface area contributed by atoms with E-state index in [1.54, 1.807) is 4.57 Å². The molecule has 0 spiro atoms. The lowest BCUT2D eigenvalue weighted by molar-refractivity contribution is 0.0694. The maximum atomic E-state index is 15.2. The van der Waals surface area contributed by atoms with E-state index in [1.165, 1.54) is 11.8 Å². The van der Waals surface area contributed by atoms with E-state index in [-0.39, 0.29) is 29.6 Å². The predicted molar refractivity (Wildman–Crippen MR) is 102 cm³/mol.